The minimum absolute atomic E-state index is 0.0210. The molecule has 5 nitrogen and oxygen atoms in total. The smallest absolute Gasteiger partial charge is 0.387 e. The second-order valence-corrected chi connectivity index (χ2v) is 5.97. The average molecular weight is 385 g/mol. The van der Waals surface area contributed by atoms with Crippen molar-refractivity contribution in [3.8, 4) is 5.75 Å². The van der Waals surface area contributed by atoms with Gasteiger partial charge in [0.05, 0.1) is 0 Å². The van der Waals surface area contributed by atoms with Crippen LogP contribution in [-0.4, -0.2) is 29.5 Å². The predicted octanol–water partition coefficient (Wildman–Crippen LogP) is 4.60. The molecule has 1 N–H and O–H groups in total. The fourth-order valence-corrected chi connectivity index (χ4v) is 2.69. The first kappa shape index (κ1) is 19.3. The van der Waals surface area contributed by atoms with Gasteiger partial charge in [-0.3, -0.25) is 4.79 Å². The molecule has 0 unspecified atom stereocenters. The molecule has 0 saturated heterocycles. The van der Waals surface area contributed by atoms with Crippen LogP contribution >= 0.6 is 0 Å². The number of Topliss-reactive ketones (excluding diaryl/α,β-unsaturated/α-hetero) is 1. The number of nitrogens with one attached hydrogen (secondary N) is 1. The third kappa shape index (κ3) is 4.62. The van der Waals surface area contributed by atoms with Gasteiger partial charge in [0.15, 0.2) is 6.10 Å². The topological polar surface area (TPSA) is 68.4 Å². The van der Waals surface area contributed by atoms with Gasteiger partial charge in [0.2, 0.25) is 5.78 Å². The zero-order chi connectivity index (χ0) is 20.1. The molecule has 7 heteroatoms. The van der Waals surface area contributed by atoms with Crippen LogP contribution in [0.5, 0.6) is 5.75 Å². The third-order valence-electron chi connectivity index (χ3n) is 4.03. The fourth-order valence-electron chi connectivity index (χ4n) is 2.69. The largest absolute Gasteiger partial charge is 0.451 e. The maximum Gasteiger partial charge on any atom is 0.387 e. The Morgan fingerprint density at radius 2 is 1.79 bits per heavy atom. The summed E-state index contributed by atoms with van der Waals surface area (Å²) < 4.78 is 33.7. The van der Waals surface area contributed by atoms with Crippen LogP contribution in [0, 0.1) is 0 Å². The number of carbonyl (C=O) groups excluding carboxylic acids is 2. The summed E-state index contributed by atoms with van der Waals surface area (Å²) in [4.78, 5) is 27.6. The van der Waals surface area contributed by atoms with E-state index >= 15 is 0 Å². The zero-order valence-corrected chi connectivity index (χ0v) is 14.9. The molecule has 0 aliphatic carbocycles. The lowest BCUT2D eigenvalue weighted by Gasteiger charge is -2.10. The van der Waals surface area contributed by atoms with Crippen LogP contribution in [0.15, 0.2) is 60.8 Å². The van der Waals surface area contributed by atoms with E-state index in [0.717, 1.165) is 10.9 Å². The Labute approximate surface area is 159 Å². The Bertz CT molecular complexity index is 1010. The molecule has 1 aromatic heterocycles. The molecule has 3 rings (SSSR count). The van der Waals surface area contributed by atoms with Gasteiger partial charge in [0.1, 0.15) is 5.75 Å². The number of fused-ring (bicyclic) bond motifs is 1. The van der Waals surface area contributed by atoms with Crippen LogP contribution in [0.3, 0.4) is 0 Å². The molecule has 0 saturated carbocycles. The Hall–Kier alpha value is -3.48. The van der Waals surface area contributed by atoms with E-state index in [4.69, 9.17) is 4.74 Å². The van der Waals surface area contributed by atoms with Gasteiger partial charge < -0.3 is 14.5 Å². The van der Waals surface area contributed by atoms with Crippen molar-refractivity contribution >= 4 is 28.7 Å². The van der Waals surface area contributed by atoms with Crippen molar-refractivity contribution < 1.29 is 27.8 Å². The minimum Gasteiger partial charge on any atom is -0.451 e. The number of hydrogen-bond donors (Lipinski definition) is 1. The molecule has 144 valence electrons. The Morgan fingerprint density at radius 3 is 2.50 bits per heavy atom. The molecule has 0 aliphatic heterocycles. The maximum absolute atomic E-state index is 12.6. The summed E-state index contributed by atoms with van der Waals surface area (Å²) in [5, 5.41) is 0.761. The Kier molecular flexibility index (Phi) is 5.84. The summed E-state index contributed by atoms with van der Waals surface area (Å²) in [5.74, 6) is -0.978. The van der Waals surface area contributed by atoms with Gasteiger partial charge >= 0.3 is 12.6 Å². The zero-order valence-electron chi connectivity index (χ0n) is 14.9. The van der Waals surface area contributed by atoms with Crippen molar-refractivity contribution in [3.63, 3.8) is 0 Å². The Morgan fingerprint density at radius 1 is 1.07 bits per heavy atom. The standard InChI is InChI=1S/C21H17F2NO4/c1-13(20(26)17-12-24-18-5-3-2-4-16(17)18)27-19(25)11-8-14-6-9-15(10-7-14)28-21(22)23/h2-13,21,24H,1H3/b11-8+/t13-/m1/s1. The van der Waals surface area contributed by atoms with Crippen molar-refractivity contribution in [2.75, 3.05) is 0 Å². The molecule has 0 bridgehead atoms. The lowest BCUT2D eigenvalue weighted by atomic mass is 10.1. The molecule has 2 aromatic carbocycles. The number of hydrogen-bond acceptors (Lipinski definition) is 4. The van der Waals surface area contributed by atoms with Crippen molar-refractivity contribution in [1.29, 1.82) is 0 Å². The number of rotatable bonds is 7. The summed E-state index contributed by atoms with van der Waals surface area (Å²) >= 11 is 0. The van der Waals surface area contributed by atoms with Gasteiger partial charge in [-0.05, 0) is 36.8 Å². The van der Waals surface area contributed by atoms with Crippen LogP contribution < -0.4 is 4.74 Å². The number of para-hydroxylation sites is 1. The number of aromatic nitrogens is 1. The summed E-state index contributed by atoms with van der Waals surface area (Å²) in [6.07, 6.45) is 3.26. The van der Waals surface area contributed by atoms with Gasteiger partial charge in [0.25, 0.3) is 0 Å². The molecular weight excluding hydrogens is 368 g/mol. The fraction of sp³-hybridized carbons (Fsp3) is 0.143. The molecule has 1 atom stereocenters. The van der Waals surface area contributed by atoms with E-state index in [1.165, 1.54) is 43.3 Å². The van der Waals surface area contributed by atoms with E-state index in [-0.39, 0.29) is 11.5 Å². The van der Waals surface area contributed by atoms with E-state index in [1.807, 2.05) is 24.3 Å². The first-order chi connectivity index (χ1) is 13.4. The number of carbonyl (C=O) groups is 2. The van der Waals surface area contributed by atoms with Crippen LogP contribution in [0.1, 0.15) is 22.8 Å². The number of H-pyrrole nitrogens is 1. The van der Waals surface area contributed by atoms with Crippen molar-refractivity contribution in [2.45, 2.75) is 19.6 Å². The first-order valence-electron chi connectivity index (χ1n) is 8.48. The number of halogens is 2. The highest BCUT2D eigenvalue weighted by Crippen LogP contribution is 2.20. The number of aromatic amines is 1. The molecular formula is C21H17F2NO4. The lowest BCUT2D eigenvalue weighted by Crippen LogP contribution is -2.23. The molecule has 3 aromatic rings. The average Bonchev–Trinajstić information content (AvgIpc) is 3.10. The van der Waals surface area contributed by atoms with Gasteiger partial charge in [-0.25, -0.2) is 4.79 Å². The van der Waals surface area contributed by atoms with Crippen LogP contribution in [0.2, 0.25) is 0 Å². The first-order valence-corrected chi connectivity index (χ1v) is 8.48. The number of ketones is 1. The molecule has 1 heterocycles. The molecule has 0 aliphatic rings. The molecule has 0 spiro atoms. The van der Waals surface area contributed by atoms with Crippen molar-refractivity contribution in [1.82, 2.24) is 4.98 Å². The minimum atomic E-state index is -2.90. The highest BCUT2D eigenvalue weighted by Gasteiger charge is 2.21. The Balaban J connectivity index is 1.60. The van der Waals surface area contributed by atoms with E-state index in [0.29, 0.717) is 11.1 Å². The summed E-state index contributed by atoms with van der Waals surface area (Å²) in [5.41, 5.74) is 1.87. The van der Waals surface area contributed by atoms with E-state index in [1.54, 1.807) is 6.20 Å². The van der Waals surface area contributed by atoms with Crippen molar-refractivity contribution in [3.05, 3.63) is 71.9 Å². The van der Waals surface area contributed by atoms with Gasteiger partial charge in [0, 0.05) is 28.7 Å². The van der Waals surface area contributed by atoms with Gasteiger partial charge in [-0.2, -0.15) is 8.78 Å². The highest BCUT2D eigenvalue weighted by molar-refractivity contribution is 6.10. The SMILES string of the molecule is C[C@@H](OC(=O)/C=C/c1ccc(OC(F)F)cc1)C(=O)c1c[nH]c2ccccc12. The summed E-state index contributed by atoms with van der Waals surface area (Å²) in [6.45, 7) is -1.39. The number of esters is 1. The van der Waals surface area contributed by atoms with Crippen LogP contribution in [-0.2, 0) is 9.53 Å². The van der Waals surface area contributed by atoms with E-state index in [2.05, 4.69) is 9.72 Å². The summed E-state index contributed by atoms with van der Waals surface area (Å²) in [7, 11) is 0. The van der Waals surface area contributed by atoms with Gasteiger partial charge in [-0.1, -0.05) is 30.3 Å². The number of ether oxygens (including phenoxy) is 2. The second-order valence-electron chi connectivity index (χ2n) is 5.97. The quantitative estimate of drug-likeness (QED) is 0.367. The van der Waals surface area contributed by atoms with E-state index < -0.39 is 18.7 Å². The molecule has 28 heavy (non-hydrogen) atoms. The number of benzene rings is 2. The lowest BCUT2D eigenvalue weighted by molar-refractivity contribution is -0.140. The summed E-state index contributed by atoms with van der Waals surface area (Å²) in [6, 6.07) is 13.1. The van der Waals surface area contributed by atoms with Crippen LogP contribution in [0.25, 0.3) is 17.0 Å². The molecule has 0 fully saturated rings. The van der Waals surface area contributed by atoms with Crippen molar-refractivity contribution in [2.24, 2.45) is 0 Å². The van der Waals surface area contributed by atoms with Crippen LogP contribution in [0.4, 0.5) is 8.78 Å². The van der Waals surface area contributed by atoms with Gasteiger partial charge in [-0.15, -0.1) is 0 Å². The predicted molar refractivity (Wildman–Crippen MR) is 100 cm³/mol. The normalized spacial score (nSPS) is 12.4. The van der Waals surface area contributed by atoms with E-state index in [9.17, 15) is 18.4 Å². The molecule has 0 amide bonds. The third-order valence-corrected chi connectivity index (χ3v) is 4.03. The second kappa shape index (κ2) is 8.47. The molecule has 0 radical (unpaired) electrons. The maximum atomic E-state index is 12.6. The monoisotopic (exact) mass is 385 g/mol. The number of alkyl halides is 2. The highest BCUT2D eigenvalue weighted by atomic mass is 19.3.